The number of aromatic nitrogens is 3. The molecule has 1 amide bonds. The number of carbonyl (C=O) groups excluding carboxylic acids is 1. The quantitative estimate of drug-likeness (QED) is 0.345. The number of nitro benzene ring substituents is 1. The highest BCUT2D eigenvalue weighted by Gasteiger charge is 2.18. The summed E-state index contributed by atoms with van der Waals surface area (Å²) in [6.45, 7) is 0.427. The Morgan fingerprint density at radius 1 is 1.00 bits per heavy atom. The molecule has 0 radical (unpaired) electrons. The molecule has 2 N–H and O–H groups in total. The van der Waals surface area contributed by atoms with Crippen molar-refractivity contribution in [3.05, 3.63) is 107 Å². The van der Waals surface area contributed by atoms with Crippen LogP contribution in [0.5, 0.6) is 0 Å². The van der Waals surface area contributed by atoms with Gasteiger partial charge in [0.25, 0.3) is 11.6 Å². The van der Waals surface area contributed by atoms with Gasteiger partial charge in [0.05, 0.1) is 11.5 Å². The van der Waals surface area contributed by atoms with E-state index < -0.39 is 10.8 Å². The van der Waals surface area contributed by atoms with Crippen molar-refractivity contribution in [2.45, 2.75) is 6.54 Å². The molecule has 1 heterocycles. The fourth-order valence-electron chi connectivity index (χ4n) is 3.07. The van der Waals surface area contributed by atoms with E-state index in [4.69, 9.17) is 0 Å². The van der Waals surface area contributed by atoms with Gasteiger partial charge in [0.15, 0.2) is 0 Å². The molecule has 0 saturated carbocycles. The lowest BCUT2D eigenvalue weighted by Crippen LogP contribution is -2.15. The summed E-state index contributed by atoms with van der Waals surface area (Å²) in [4.78, 5) is 27.8. The Labute approximate surface area is 177 Å². The molecule has 0 aliphatic rings. The number of benzene rings is 3. The van der Waals surface area contributed by atoms with Gasteiger partial charge in [0.2, 0.25) is 0 Å². The van der Waals surface area contributed by atoms with Crippen molar-refractivity contribution in [3.8, 4) is 0 Å². The molecule has 9 nitrogen and oxygen atoms in total. The van der Waals surface area contributed by atoms with Gasteiger partial charge in [0, 0.05) is 23.0 Å². The van der Waals surface area contributed by atoms with Gasteiger partial charge in [-0.05, 0) is 35.9 Å². The zero-order valence-electron chi connectivity index (χ0n) is 16.3. The van der Waals surface area contributed by atoms with Crippen molar-refractivity contribution >= 4 is 28.7 Å². The van der Waals surface area contributed by atoms with Crippen LogP contribution >= 0.6 is 0 Å². The Bertz CT molecular complexity index is 1210. The molecular weight excluding hydrogens is 396 g/mol. The van der Waals surface area contributed by atoms with Crippen molar-refractivity contribution < 1.29 is 9.72 Å². The van der Waals surface area contributed by atoms with Crippen LogP contribution in [-0.2, 0) is 6.54 Å². The van der Waals surface area contributed by atoms with Gasteiger partial charge >= 0.3 is 0 Å². The van der Waals surface area contributed by atoms with Gasteiger partial charge in [-0.1, -0.05) is 36.4 Å². The largest absolute Gasteiger partial charge is 0.350 e. The highest BCUT2D eigenvalue weighted by molar-refractivity contribution is 6.05. The maximum atomic E-state index is 12.8. The minimum absolute atomic E-state index is 0.181. The zero-order chi connectivity index (χ0) is 21.6. The maximum Gasteiger partial charge on any atom is 0.293 e. The van der Waals surface area contributed by atoms with Crippen LogP contribution in [0.3, 0.4) is 0 Å². The number of nitro groups is 1. The van der Waals surface area contributed by atoms with E-state index in [0.717, 1.165) is 5.56 Å². The van der Waals surface area contributed by atoms with Gasteiger partial charge in [0.1, 0.15) is 18.3 Å². The third kappa shape index (κ3) is 4.73. The predicted octanol–water partition coefficient (Wildman–Crippen LogP) is 4.23. The molecule has 0 fully saturated rings. The number of anilines is 3. The van der Waals surface area contributed by atoms with E-state index in [1.54, 1.807) is 41.3 Å². The first kappa shape index (κ1) is 19.8. The molecule has 1 aromatic heterocycles. The van der Waals surface area contributed by atoms with Crippen molar-refractivity contribution in [1.29, 1.82) is 0 Å². The van der Waals surface area contributed by atoms with Crippen LogP contribution in [0.2, 0.25) is 0 Å². The summed E-state index contributed by atoms with van der Waals surface area (Å²) in [5.41, 5.74) is 2.44. The molecule has 3 aromatic carbocycles. The van der Waals surface area contributed by atoms with Crippen LogP contribution in [0.1, 0.15) is 15.9 Å². The summed E-state index contributed by atoms with van der Waals surface area (Å²) in [7, 11) is 0. The second-order valence-electron chi connectivity index (χ2n) is 6.68. The van der Waals surface area contributed by atoms with E-state index >= 15 is 0 Å². The molecule has 0 unspecified atom stereocenters. The topological polar surface area (TPSA) is 115 Å². The number of carbonyl (C=O) groups is 1. The van der Waals surface area contributed by atoms with Crippen LogP contribution in [0.15, 0.2) is 85.5 Å². The van der Waals surface area contributed by atoms with Crippen LogP contribution in [0, 0.1) is 10.1 Å². The highest BCUT2D eigenvalue weighted by atomic mass is 16.6. The van der Waals surface area contributed by atoms with Gasteiger partial charge in [-0.2, -0.15) is 5.10 Å². The smallest absolute Gasteiger partial charge is 0.293 e. The Balaban J connectivity index is 1.57. The summed E-state index contributed by atoms with van der Waals surface area (Å²) in [6, 6.07) is 20.7. The third-order valence-electron chi connectivity index (χ3n) is 4.57. The van der Waals surface area contributed by atoms with Crippen molar-refractivity contribution in [2.75, 3.05) is 10.6 Å². The van der Waals surface area contributed by atoms with E-state index in [-0.39, 0.29) is 11.3 Å². The van der Waals surface area contributed by atoms with E-state index in [0.29, 0.717) is 23.6 Å². The monoisotopic (exact) mass is 414 g/mol. The summed E-state index contributed by atoms with van der Waals surface area (Å²) < 4.78 is 1.64. The standard InChI is InChI=1S/C22H18N6O3/c29-22(26-19-9-5-4-6-17(19)13-27-15-23-14-24-27)16-10-11-20(21(12-16)28(30)31)25-18-7-2-1-3-8-18/h1-12,14-15,25H,13H2,(H,26,29). The lowest BCUT2D eigenvalue weighted by molar-refractivity contribution is -0.383. The van der Waals surface area contributed by atoms with Crippen LogP contribution in [0.4, 0.5) is 22.7 Å². The highest BCUT2D eigenvalue weighted by Crippen LogP contribution is 2.29. The minimum atomic E-state index is -0.513. The molecule has 0 aliphatic carbocycles. The molecule has 4 rings (SSSR count). The molecule has 0 aliphatic heterocycles. The number of rotatable bonds is 7. The average Bonchev–Trinajstić information content (AvgIpc) is 3.29. The molecule has 4 aromatic rings. The zero-order valence-corrected chi connectivity index (χ0v) is 16.3. The number of hydrogen-bond acceptors (Lipinski definition) is 6. The third-order valence-corrected chi connectivity index (χ3v) is 4.57. The number of para-hydroxylation sites is 2. The van der Waals surface area contributed by atoms with Gasteiger partial charge in [-0.15, -0.1) is 0 Å². The Morgan fingerprint density at radius 2 is 1.77 bits per heavy atom. The second kappa shape index (κ2) is 8.87. The Kier molecular flexibility index (Phi) is 5.66. The SMILES string of the molecule is O=C(Nc1ccccc1Cn1cncn1)c1ccc(Nc2ccccc2)c([N+](=O)[O-])c1. The molecule has 31 heavy (non-hydrogen) atoms. The van der Waals surface area contributed by atoms with Crippen LogP contribution < -0.4 is 10.6 Å². The van der Waals surface area contributed by atoms with Gasteiger partial charge < -0.3 is 10.6 Å². The molecule has 0 saturated heterocycles. The fraction of sp³-hybridized carbons (Fsp3) is 0.0455. The normalized spacial score (nSPS) is 10.5. The first-order valence-corrected chi connectivity index (χ1v) is 9.42. The maximum absolute atomic E-state index is 12.8. The second-order valence-corrected chi connectivity index (χ2v) is 6.68. The van der Waals surface area contributed by atoms with Crippen molar-refractivity contribution in [2.24, 2.45) is 0 Å². The van der Waals surface area contributed by atoms with Crippen molar-refractivity contribution in [1.82, 2.24) is 14.8 Å². The lowest BCUT2D eigenvalue weighted by atomic mass is 10.1. The van der Waals surface area contributed by atoms with Crippen LogP contribution in [0.25, 0.3) is 0 Å². The first-order chi connectivity index (χ1) is 15.1. The fourth-order valence-corrected chi connectivity index (χ4v) is 3.07. The molecule has 0 atom stereocenters. The first-order valence-electron chi connectivity index (χ1n) is 9.42. The Hall–Kier alpha value is -4.53. The predicted molar refractivity (Wildman–Crippen MR) is 116 cm³/mol. The van der Waals surface area contributed by atoms with Gasteiger partial charge in [-0.3, -0.25) is 14.9 Å². The minimum Gasteiger partial charge on any atom is -0.350 e. The van der Waals surface area contributed by atoms with Crippen LogP contribution in [-0.4, -0.2) is 25.6 Å². The van der Waals surface area contributed by atoms with Crippen molar-refractivity contribution in [3.63, 3.8) is 0 Å². The van der Waals surface area contributed by atoms with E-state index in [2.05, 4.69) is 20.7 Å². The number of nitrogens with zero attached hydrogens (tertiary/aromatic N) is 4. The number of amides is 1. The molecule has 0 spiro atoms. The molecule has 154 valence electrons. The summed E-state index contributed by atoms with van der Waals surface area (Å²) in [5, 5.41) is 21.5. The number of nitrogens with one attached hydrogen (secondary N) is 2. The number of hydrogen-bond donors (Lipinski definition) is 2. The molecule has 9 heteroatoms. The molecule has 0 bridgehead atoms. The van der Waals surface area contributed by atoms with E-state index in [9.17, 15) is 14.9 Å². The van der Waals surface area contributed by atoms with Gasteiger partial charge in [-0.25, -0.2) is 9.67 Å². The lowest BCUT2D eigenvalue weighted by Gasteiger charge is -2.12. The Morgan fingerprint density at radius 3 is 2.52 bits per heavy atom. The van der Waals surface area contributed by atoms with E-state index in [1.807, 2.05) is 30.3 Å². The average molecular weight is 414 g/mol. The summed E-state index contributed by atoms with van der Waals surface area (Å²) in [5.74, 6) is -0.444. The molecular formula is C22H18N6O3. The summed E-state index contributed by atoms with van der Waals surface area (Å²) >= 11 is 0. The summed E-state index contributed by atoms with van der Waals surface area (Å²) in [6.07, 6.45) is 3.02. The van der Waals surface area contributed by atoms with E-state index in [1.165, 1.54) is 18.5 Å².